The van der Waals surface area contributed by atoms with Crippen LogP contribution in [-0.2, 0) is 17.0 Å². The molecule has 6 nitrogen and oxygen atoms in total. The molecule has 0 aliphatic carbocycles. The van der Waals surface area contributed by atoms with Gasteiger partial charge >= 0.3 is 5.97 Å². The largest absolute Gasteiger partial charge is 0.460 e. The van der Waals surface area contributed by atoms with Crippen molar-refractivity contribution in [3.63, 3.8) is 0 Å². The maximum atomic E-state index is 12.2. The van der Waals surface area contributed by atoms with Crippen molar-refractivity contribution in [2.75, 3.05) is 6.61 Å². The van der Waals surface area contributed by atoms with Gasteiger partial charge in [0.2, 0.25) is 5.76 Å². The van der Waals surface area contributed by atoms with E-state index in [2.05, 4.69) is 26.1 Å². The van der Waals surface area contributed by atoms with Crippen LogP contribution in [-0.4, -0.2) is 27.3 Å². The lowest BCUT2D eigenvalue weighted by Crippen LogP contribution is -2.06. The third-order valence-electron chi connectivity index (χ3n) is 3.48. The van der Waals surface area contributed by atoms with Crippen LogP contribution in [0.5, 0.6) is 0 Å². The average molecular weight is 410 g/mol. The van der Waals surface area contributed by atoms with Crippen molar-refractivity contribution in [2.24, 2.45) is 0 Å². The molecule has 2 aromatic heterocycles. The summed E-state index contributed by atoms with van der Waals surface area (Å²) in [7, 11) is 0. The predicted octanol–water partition coefficient (Wildman–Crippen LogP) is 4.28. The molecule has 1 aromatic carbocycles. The molecule has 24 heavy (non-hydrogen) atoms. The van der Waals surface area contributed by atoms with E-state index in [-0.39, 0.29) is 5.76 Å². The van der Waals surface area contributed by atoms with Gasteiger partial charge in [-0.25, -0.2) is 4.79 Å². The topological polar surface area (TPSA) is 70.2 Å². The average Bonchev–Trinajstić information content (AvgIpc) is 3.16. The fraction of sp³-hybridized carbons (Fsp3) is 0.312. The van der Waals surface area contributed by atoms with Gasteiger partial charge in [-0.15, -0.1) is 10.2 Å². The lowest BCUT2D eigenvalue weighted by atomic mass is 10.1. The highest BCUT2D eigenvalue weighted by molar-refractivity contribution is 9.10. The molecule has 0 unspecified atom stereocenters. The third-order valence-corrected chi connectivity index (χ3v) is 4.98. The van der Waals surface area contributed by atoms with Crippen molar-refractivity contribution in [1.29, 1.82) is 0 Å². The molecule has 3 rings (SSSR count). The Bertz CT molecular complexity index is 875. The summed E-state index contributed by atoms with van der Waals surface area (Å²) < 4.78 is 13.7. The summed E-state index contributed by atoms with van der Waals surface area (Å²) in [5.74, 6) is 0.341. The number of aromatic nitrogens is 3. The zero-order valence-electron chi connectivity index (χ0n) is 13.3. The minimum absolute atomic E-state index is 0.250. The number of rotatable bonds is 6. The Morgan fingerprint density at radius 3 is 3.00 bits per heavy atom. The van der Waals surface area contributed by atoms with E-state index in [4.69, 9.17) is 9.15 Å². The Morgan fingerprint density at radius 2 is 2.25 bits per heavy atom. The Hall–Kier alpha value is -1.80. The molecule has 0 bridgehead atoms. The smallest absolute Gasteiger partial charge is 0.374 e. The summed E-state index contributed by atoms with van der Waals surface area (Å²) in [4.78, 5) is 12.2. The van der Waals surface area contributed by atoms with Crippen molar-refractivity contribution in [3.05, 3.63) is 40.3 Å². The SMILES string of the molecule is CCOC(=O)c1oc2ccc(Br)cc2c1CSc1nncn1CC. The fourth-order valence-electron chi connectivity index (χ4n) is 2.34. The fourth-order valence-corrected chi connectivity index (χ4v) is 3.70. The van der Waals surface area contributed by atoms with Crippen LogP contribution in [0.15, 0.2) is 38.6 Å². The molecule has 0 N–H and O–H groups in total. The number of carbonyl (C=O) groups excluding carboxylic acids is 1. The molecule has 0 saturated carbocycles. The van der Waals surface area contributed by atoms with Crippen LogP contribution < -0.4 is 0 Å². The lowest BCUT2D eigenvalue weighted by molar-refractivity contribution is 0.0491. The van der Waals surface area contributed by atoms with Gasteiger partial charge in [0.25, 0.3) is 0 Å². The summed E-state index contributed by atoms with van der Waals surface area (Å²) >= 11 is 4.98. The number of thioether (sulfide) groups is 1. The Kier molecular flexibility index (Phi) is 5.25. The Balaban J connectivity index is 1.98. The van der Waals surface area contributed by atoms with E-state index >= 15 is 0 Å². The van der Waals surface area contributed by atoms with Crippen molar-refractivity contribution in [3.8, 4) is 0 Å². The second-order valence-electron chi connectivity index (χ2n) is 4.96. The number of aryl methyl sites for hydroxylation is 1. The highest BCUT2D eigenvalue weighted by atomic mass is 79.9. The summed E-state index contributed by atoms with van der Waals surface area (Å²) in [5, 5.41) is 9.73. The number of fused-ring (bicyclic) bond motifs is 1. The molecule has 0 aliphatic heterocycles. The molecule has 0 saturated heterocycles. The van der Waals surface area contributed by atoms with Crippen LogP contribution in [0.2, 0.25) is 0 Å². The number of benzene rings is 1. The molecular weight excluding hydrogens is 394 g/mol. The second kappa shape index (κ2) is 7.40. The summed E-state index contributed by atoms with van der Waals surface area (Å²) in [6, 6.07) is 5.66. The van der Waals surface area contributed by atoms with Crippen LogP contribution in [0.4, 0.5) is 0 Å². The number of hydrogen-bond acceptors (Lipinski definition) is 6. The highest BCUT2D eigenvalue weighted by Gasteiger charge is 2.22. The highest BCUT2D eigenvalue weighted by Crippen LogP contribution is 2.33. The molecule has 2 heterocycles. The number of furan rings is 1. The summed E-state index contributed by atoms with van der Waals surface area (Å²) in [6.45, 7) is 4.89. The minimum atomic E-state index is -0.447. The normalized spacial score (nSPS) is 11.1. The lowest BCUT2D eigenvalue weighted by Gasteiger charge is -2.04. The molecule has 0 spiro atoms. The molecule has 0 aliphatic rings. The van der Waals surface area contributed by atoms with Gasteiger partial charge in [-0.3, -0.25) is 0 Å². The van der Waals surface area contributed by atoms with Gasteiger partial charge in [-0.1, -0.05) is 27.7 Å². The second-order valence-corrected chi connectivity index (χ2v) is 6.82. The molecule has 126 valence electrons. The van der Waals surface area contributed by atoms with Crippen LogP contribution in [0.25, 0.3) is 11.0 Å². The molecule has 0 atom stereocenters. The van der Waals surface area contributed by atoms with Crippen LogP contribution in [0, 0.1) is 0 Å². The van der Waals surface area contributed by atoms with E-state index in [0.29, 0.717) is 17.9 Å². The van der Waals surface area contributed by atoms with Gasteiger partial charge in [-0.05, 0) is 32.0 Å². The first-order valence-corrected chi connectivity index (χ1v) is 9.30. The number of halogens is 1. The van der Waals surface area contributed by atoms with Gasteiger partial charge < -0.3 is 13.7 Å². The summed E-state index contributed by atoms with van der Waals surface area (Å²) in [6.07, 6.45) is 1.69. The number of ether oxygens (including phenoxy) is 1. The summed E-state index contributed by atoms with van der Waals surface area (Å²) in [5.41, 5.74) is 1.47. The van der Waals surface area contributed by atoms with Gasteiger partial charge in [0.05, 0.1) is 6.61 Å². The number of hydrogen-bond donors (Lipinski definition) is 0. The van der Waals surface area contributed by atoms with Gasteiger partial charge in [0.15, 0.2) is 5.16 Å². The molecule has 0 fully saturated rings. The first kappa shape index (κ1) is 17.0. The number of esters is 1. The van der Waals surface area contributed by atoms with Crippen LogP contribution in [0.3, 0.4) is 0 Å². The molecule has 0 amide bonds. The maximum Gasteiger partial charge on any atom is 0.374 e. The molecule has 3 aromatic rings. The van der Waals surface area contributed by atoms with Gasteiger partial charge in [0.1, 0.15) is 11.9 Å². The monoisotopic (exact) mass is 409 g/mol. The standard InChI is InChI=1S/C16H16BrN3O3S/c1-3-20-9-18-19-16(20)24-8-12-11-7-10(17)5-6-13(11)23-14(12)15(21)22-4-2/h5-7,9H,3-4,8H2,1-2H3. The predicted molar refractivity (Wildman–Crippen MR) is 95.1 cm³/mol. The first-order valence-electron chi connectivity index (χ1n) is 7.52. The number of nitrogens with zero attached hydrogens (tertiary/aromatic N) is 3. The Labute approximate surface area is 151 Å². The molecule has 0 radical (unpaired) electrons. The van der Waals surface area contributed by atoms with E-state index in [1.807, 2.05) is 29.7 Å². The first-order chi connectivity index (χ1) is 11.6. The quantitative estimate of drug-likeness (QED) is 0.446. The maximum absolute atomic E-state index is 12.2. The van der Waals surface area contributed by atoms with Crippen molar-refractivity contribution in [2.45, 2.75) is 31.3 Å². The zero-order chi connectivity index (χ0) is 17.1. The van der Waals surface area contributed by atoms with E-state index in [9.17, 15) is 4.79 Å². The van der Waals surface area contributed by atoms with E-state index in [1.54, 1.807) is 13.3 Å². The van der Waals surface area contributed by atoms with Crippen molar-refractivity contribution >= 4 is 44.6 Å². The van der Waals surface area contributed by atoms with Crippen molar-refractivity contribution in [1.82, 2.24) is 14.8 Å². The minimum Gasteiger partial charge on any atom is -0.460 e. The van der Waals surface area contributed by atoms with E-state index < -0.39 is 5.97 Å². The molecule has 8 heteroatoms. The van der Waals surface area contributed by atoms with E-state index in [0.717, 1.165) is 27.1 Å². The van der Waals surface area contributed by atoms with E-state index in [1.165, 1.54) is 11.8 Å². The molecular formula is C16H16BrN3O3S. The zero-order valence-corrected chi connectivity index (χ0v) is 15.7. The van der Waals surface area contributed by atoms with Gasteiger partial charge in [0, 0.05) is 27.7 Å². The van der Waals surface area contributed by atoms with Gasteiger partial charge in [-0.2, -0.15) is 0 Å². The van der Waals surface area contributed by atoms with Crippen LogP contribution >= 0.6 is 27.7 Å². The number of carbonyl (C=O) groups is 1. The third kappa shape index (κ3) is 3.34. The Morgan fingerprint density at radius 1 is 1.42 bits per heavy atom. The van der Waals surface area contributed by atoms with Crippen LogP contribution in [0.1, 0.15) is 30.0 Å². The van der Waals surface area contributed by atoms with Crippen molar-refractivity contribution < 1.29 is 13.9 Å².